The third-order valence-corrected chi connectivity index (χ3v) is 10.0. The fraction of sp³-hybridized carbons (Fsp3) is 0. The Labute approximate surface area is 290 Å². The number of fused-ring (bicyclic) bond motifs is 7. The van der Waals surface area contributed by atoms with Gasteiger partial charge in [-0.05, 0) is 91.5 Å². The summed E-state index contributed by atoms with van der Waals surface area (Å²) in [5, 5.41) is 9.56. The lowest BCUT2D eigenvalue weighted by Gasteiger charge is -2.27. The molecule has 0 spiro atoms. The van der Waals surface area contributed by atoms with Crippen molar-refractivity contribution in [2.45, 2.75) is 0 Å². The van der Waals surface area contributed by atoms with Crippen molar-refractivity contribution in [2.75, 3.05) is 4.90 Å². The molecule has 0 unspecified atom stereocenters. The fourth-order valence-corrected chi connectivity index (χ4v) is 7.67. The number of furan rings is 1. The topological polar surface area (TPSA) is 16.4 Å². The number of hydrogen-bond acceptors (Lipinski definition) is 2. The Morgan fingerprint density at radius 3 is 1.82 bits per heavy atom. The number of anilines is 3. The van der Waals surface area contributed by atoms with Crippen LogP contribution in [0, 0.1) is 0 Å². The van der Waals surface area contributed by atoms with Crippen LogP contribution in [0.3, 0.4) is 0 Å². The lowest BCUT2D eigenvalue weighted by Crippen LogP contribution is -2.10. The van der Waals surface area contributed by atoms with Gasteiger partial charge in [0.2, 0.25) is 0 Å². The van der Waals surface area contributed by atoms with Gasteiger partial charge in [0.05, 0.1) is 11.1 Å². The summed E-state index contributed by atoms with van der Waals surface area (Å²) >= 11 is 0. The standard InChI is InChI=1S/C48H31NO/c1-2-11-32(12-3-1)33-23-25-37(26-24-33)49(38-27-28-41-36(31-38)22-21-35-14-5-6-16-39(35)41)45-30-29-43(42-19-10-15-34-13-4-7-17-40(34)42)48-47(45)44-18-8-9-20-46(44)50-48/h1-31H. The zero-order valence-electron chi connectivity index (χ0n) is 27.3. The van der Waals surface area contributed by atoms with Gasteiger partial charge in [0.1, 0.15) is 11.2 Å². The van der Waals surface area contributed by atoms with Crippen molar-refractivity contribution in [3.05, 3.63) is 188 Å². The summed E-state index contributed by atoms with van der Waals surface area (Å²) in [5.41, 5.74) is 9.63. The number of benzene rings is 9. The summed E-state index contributed by atoms with van der Waals surface area (Å²) in [7, 11) is 0. The maximum Gasteiger partial charge on any atom is 0.145 e. The molecule has 0 saturated carbocycles. The number of para-hydroxylation sites is 1. The van der Waals surface area contributed by atoms with Crippen LogP contribution in [-0.4, -0.2) is 0 Å². The Bertz CT molecular complexity index is 2860. The molecule has 1 aromatic heterocycles. The number of hydrogen-bond donors (Lipinski definition) is 0. The van der Waals surface area contributed by atoms with Crippen LogP contribution in [0.1, 0.15) is 0 Å². The van der Waals surface area contributed by atoms with E-state index in [1.165, 1.54) is 43.4 Å². The van der Waals surface area contributed by atoms with Gasteiger partial charge in [-0.2, -0.15) is 0 Å². The van der Waals surface area contributed by atoms with E-state index < -0.39 is 0 Å². The van der Waals surface area contributed by atoms with E-state index in [1.54, 1.807) is 0 Å². The quantitative estimate of drug-likeness (QED) is 0.175. The Morgan fingerprint density at radius 1 is 0.360 bits per heavy atom. The van der Waals surface area contributed by atoms with Gasteiger partial charge in [-0.1, -0.05) is 146 Å². The van der Waals surface area contributed by atoms with Crippen LogP contribution >= 0.6 is 0 Å². The Balaban J connectivity index is 1.24. The van der Waals surface area contributed by atoms with Crippen LogP contribution in [0.4, 0.5) is 17.1 Å². The van der Waals surface area contributed by atoms with Gasteiger partial charge in [-0.3, -0.25) is 0 Å². The third-order valence-electron chi connectivity index (χ3n) is 10.0. The van der Waals surface area contributed by atoms with E-state index in [9.17, 15) is 0 Å². The average Bonchev–Trinajstić information content (AvgIpc) is 3.58. The van der Waals surface area contributed by atoms with Crippen molar-refractivity contribution in [1.82, 2.24) is 0 Å². The first kappa shape index (κ1) is 28.4. The molecular weight excluding hydrogens is 607 g/mol. The van der Waals surface area contributed by atoms with Gasteiger partial charge >= 0.3 is 0 Å². The van der Waals surface area contributed by atoms with E-state index in [-0.39, 0.29) is 0 Å². The zero-order valence-corrected chi connectivity index (χ0v) is 27.3. The maximum absolute atomic E-state index is 6.82. The van der Waals surface area contributed by atoms with Gasteiger partial charge in [0.25, 0.3) is 0 Å². The first-order chi connectivity index (χ1) is 24.8. The SMILES string of the molecule is c1ccc(-c2ccc(N(c3ccc4c(ccc5ccccc54)c3)c3ccc(-c4cccc5ccccc45)c4oc5ccccc5c34)cc2)cc1. The maximum atomic E-state index is 6.82. The summed E-state index contributed by atoms with van der Waals surface area (Å²) in [5.74, 6) is 0. The van der Waals surface area contributed by atoms with Crippen molar-refractivity contribution in [3.8, 4) is 22.3 Å². The minimum atomic E-state index is 0.876. The Kier molecular flexibility index (Phi) is 6.53. The highest BCUT2D eigenvalue weighted by Gasteiger charge is 2.23. The second kappa shape index (κ2) is 11.5. The molecule has 0 aliphatic heterocycles. The van der Waals surface area contributed by atoms with Crippen molar-refractivity contribution in [1.29, 1.82) is 0 Å². The van der Waals surface area contributed by atoms with Crippen molar-refractivity contribution in [2.24, 2.45) is 0 Å². The summed E-state index contributed by atoms with van der Waals surface area (Å²) in [6.07, 6.45) is 0. The largest absolute Gasteiger partial charge is 0.455 e. The van der Waals surface area contributed by atoms with E-state index in [0.29, 0.717) is 0 Å². The molecule has 0 bridgehead atoms. The molecule has 0 radical (unpaired) electrons. The summed E-state index contributed by atoms with van der Waals surface area (Å²) in [4.78, 5) is 2.39. The summed E-state index contributed by atoms with van der Waals surface area (Å²) in [6, 6.07) is 67.4. The molecule has 0 aliphatic rings. The van der Waals surface area contributed by atoms with Crippen molar-refractivity contribution >= 4 is 71.3 Å². The minimum Gasteiger partial charge on any atom is -0.455 e. The Morgan fingerprint density at radius 2 is 0.980 bits per heavy atom. The molecule has 0 aliphatic carbocycles. The molecule has 9 aromatic carbocycles. The van der Waals surface area contributed by atoms with Crippen molar-refractivity contribution in [3.63, 3.8) is 0 Å². The van der Waals surface area contributed by atoms with Crippen LogP contribution in [0.5, 0.6) is 0 Å². The monoisotopic (exact) mass is 637 g/mol. The predicted molar refractivity (Wildman–Crippen MR) is 212 cm³/mol. The van der Waals surface area contributed by atoms with E-state index in [0.717, 1.165) is 50.1 Å². The summed E-state index contributed by atoms with van der Waals surface area (Å²) in [6.45, 7) is 0. The molecule has 1 heterocycles. The molecule has 0 atom stereocenters. The predicted octanol–water partition coefficient (Wildman–Crippen LogP) is 13.8. The average molecular weight is 638 g/mol. The van der Waals surface area contributed by atoms with Gasteiger partial charge < -0.3 is 9.32 Å². The van der Waals surface area contributed by atoms with Gasteiger partial charge in [0, 0.05) is 22.3 Å². The second-order valence-electron chi connectivity index (χ2n) is 12.9. The van der Waals surface area contributed by atoms with E-state index in [2.05, 4.69) is 193 Å². The van der Waals surface area contributed by atoms with Crippen molar-refractivity contribution < 1.29 is 4.42 Å². The highest BCUT2D eigenvalue weighted by Crippen LogP contribution is 2.47. The lowest BCUT2D eigenvalue weighted by molar-refractivity contribution is 0.670. The smallest absolute Gasteiger partial charge is 0.145 e. The molecule has 0 fully saturated rings. The van der Waals surface area contributed by atoms with Crippen LogP contribution < -0.4 is 4.90 Å². The van der Waals surface area contributed by atoms with E-state index in [1.807, 2.05) is 0 Å². The minimum absolute atomic E-state index is 0.876. The molecule has 2 heteroatoms. The molecule has 0 amide bonds. The fourth-order valence-electron chi connectivity index (χ4n) is 7.67. The molecule has 10 rings (SSSR count). The van der Waals surface area contributed by atoms with Gasteiger partial charge in [-0.15, -0.1) is 0 Å². The molecule has 0 N–H and O–H groups in total. The second-order valence-corrected chi connectivity index (χ2v) is 12.9. The van der Waals surface area contributed by atoms with Crippen LogP contribution in [0.2, 0.25) is 0 Å². The highest BCUT2D eigenvalue weighted by atomic mass is 16.3. The molecule has 50 heavy (non-hydrogen) atoms. The van der Waals surface area contributed by atoms with E-state index in [4.69, 9.17) is 4.42 Å². The molecule has 0 saturated heterocycles. The first-order valence-electron chi connectivity index (χ1n) is 17.1. The molecule has 10 aromatic rings. The third kappa shape index (κ3) is 4.57. The zero-order chi connectivity index (χ0) is 33.0. The number of nitrogens with zero attached hydrogens (tertiary/aromatic N) is 1. The lowest BCUT2D eigenvalue weighted by atomic mass is 9.95. The highest BCUT2D eigenvalue weighted by molar-refractivity contribution is 6.19. The molecule has 2 nitrogen and oxygen atoms in total. The molecular formula is C48H31NO. The normalized spacial score (nSPS) is 11.6. The van der Waals surface area contributed by atoms with E-state index >= 15 is 0 Å². The first-order valence-corrected chi connectivity index (χ1v) is 17.1. The Hall–Kier alpha value is -6.64. The van der Waals surface area contributed by atoms with Crippen LogP contribution in [0.25, 0.3) is 76.5 Å². The van der Waals surface area contributed by atoms with Crippen LogP contribution in [-0.2, 0) is 0 Å². The summed E-state index contributed by atoms with van der Waals surface area (Å²) < 4.78 is 6.82. The van der Waals surface area contributed by atoms with Crippen LogP contribution in [0.15, 0.2) is 192 Å². The number of rotatable bonds is 5. The van der Waals surface area contributed by atoms with Gasteiger partial charge in [-0.25, -0.2) is 0 Å². The van der Waals surface area contributed by atoms with Gasteiger partial charge in [0.15, 0.2) is 0 Å². The molecule has 234 valence electrons.